The van der Waals surface area contributed by atoms with Crippen molar-refractivity contribution < 1.29 is 23.7 Å². The standard InChI is InChI=1S/C15H18O5/c1-3-4-5-13-14(20-15(16)19-13)18-10-11-6-8-12(17-2)9-7-11/h4-9,13-14H,3,10H2,1-2H3/b5-4-/t13-,14-/m0/s1. The summed E-state index contributed by atoms with van der Waals surface area (Å²) in [5.74, 6) is 0.785. The summed E-state index contributed by atoms with van der Waals surface area (Å²) in [6.07, 6.45) is 2.67. The summed E-state index contributed by atoms with van der Waals surface area (Å²) in [4.78, 5) is 11.1. The van der Waals surface area contributed by atoms with Crippen molar-refractivity contribution in [1.82, 2.24) is 0 Å². The van der Waals surface area contributed by atoms with E-state index in [0.29, 0.717) is 6.61 Å². The number of allylic oxidation sites excluding steroid dienone is 1. The number of carbonyl (C=O) groups excluding carboxylic acids is 1. The molecule has 108 valence electrons. The predicted molar refractivity (Wildman–Crippen MR) is 72.4 cm³/mol. The highest BCUT2D eigenvalue weighted by Crippen LogP contribution is 2.20. The second-order valence-corrected chi connectivity index (χ2v) is 4.31. The molecule has 1 aliphatic heterocycles. The number of benzene rings is 1. The van der Waals surface area contributed by atoms with Crippen LogP contribution >= 0.6 is 0 Å². The van der Waals surface area contributed by atoms with Crippen molar-refractivity contribution in [3.05, 3.63) is 42.0 Å². The molecule has 20 heavy (non-hydrogen) atoms. The third kappa shape index (κ3) is 3.74. The van der Waals surface area contributed by atoms with Crippen LogP contribution in [0.5, 0.6) is 5.75 Å². The highest BCUT2D eigenvalue weighted by Gasteiger charge is 2.35. The quantitative estimate of drug-likeness (QED) is 0.591. The van der Waals surface area contributed by atoms with E-state index in [-0.39, 0.29) is 0 Å². The first-order valence-electron chi connectivity index (χ1n) is 6.51. The molecule has 2 atom stereocenters. The topological polar surface area (TPSA) is 54.0 Å². The highest BCUT2D eigenvalue weighted by atomic mass is 16.8. The molecule has 0 aromatic heterocycles. The lowest BCUT2D eigenvalue weighted by Gasteiger charge is -2.13. The molecule has 0 spiro atoms. The van der Waals surface area contributed by atoms with Gasteiger partial charge in [0.05, 0.1) is 13.7 Å². The van der Waals surface area contributed by atoms with Gasteiger partial charge in [-0.1, -0.05) is 25.1 Å². The van der Waals surface area contributed by atoms with Crippen LogP contribution in [0.2, 0.25) is 0 Å². The molecule has 1 aromatic carbocycles. The first-order valence-corrected chi connectivity index (χ1v) is 6.51. The van der Waals surface area contributed by atoms with E-state index in [4.69, 9.17) is 18.9 Å². The van der Waals surface area contributed by atoms with E-state index >= 15 is 0 Å². The van der Waals surface area contributed by atoms with Gasteiger partial charge in [-0.05, 0) is 30.2 Å². The Labute approximate surface area is 118 Å². The summed E-state index contributed by atoms with van der Waals surface area (Å²) in [6.45, 7) is 2.34. The van der Waals surface area contributed by atoms with Gasteiger partial charge in [-0.3, -0.25) is 0 Å². The first-order chi connectivity index (χ1) is 9.72. The van der Waals surface area contributed by atoms with Crippen molar-refractivity contribution in [3.8, 4) is 5.75 Å². The van der Waals surface area contributed by atoms with E-state index in [1.807, 2.05) is 37.3 Å². The SMILES string of the molecule is CC/C=C\[C@@H]1OC(=O)O[C@@H]1OCc1ccc(OC)cc1. The Bertz CT molecular complexity index is 466. The molecule has 0 radical (unpaired) electrons. The Morgan fingerprint density at radius 1 is 1.25 bits per heavy atom. The molecule has 0 N–H and O–H groups in total. The van der Waals surface area contributed by atoms with Crippen LogP contribution < -0.4 is 4.74 Å². The lowest BCUT2D eigenvalue weighted by atomic mass is 10.2. The van der Waals surface area contributed by atoms with Crippen LogP contribution in [-0.4, -0.2) is 25.7 Å². The van der Waals surface area contributed by atoms with E-state index in [2.05, 4.69) is 0 Å². The Kier molecular flexibility index (Phi) is 5.01. The fraction of sp³-hybridized carbons (Fsp3) is 0.400. The maximum absolute atomic E-state index is 11.1. The number of methoxy groups -OCH3 is 1. The van der Waals surface area contributed by atoms with Crippen LogP contribution in [0.4, 0.5) is 4.79 Å². The monoisotopic (exact) mass is 278 g/mol. The molecule has 1 fully saturated rings. The van der Waals surface area contributed by atoms with Crippen molar-refractivity contribution in [1.29, 1.82) is 0 Å². The maximum atomic E-state index is 11.1. The van der Waals surface area contributed by atoms with Gasteiger partial charge in [0.15, 0.2) is 6.10 Å². The van der Waals surface area contributed by atoms with E-state index in [9.17, 15) is 4.79 Å². The largest absolute Gasteiger partial charge is 0.511 e. The molecule has 5 heteroatoms. The van der Waals surface area contributed by atoms with Crippen molar-refractivity contribution in [2.45, 2.75) is 32.3 Å². The highest BCUT2D eigenvalue weighted by molar-refractivity contribution is 5.62. The summed E-state index contributed by atoms with van der Waals surface area (Å²) < 4.78 is 20.7. The third-order valence-electron chi connectivity index (χ3n) is 2.85. The smallest absolute Gasteiger partial charge is 0.497 e. The van der Waals surface area contributed by atoms with Crippen LogP contribution in [0.25, 0.3) is 0 Å². The molecular formula is C15H18O5. The van der Waals surface area contributed by atoms with Crippen molar-refractivity contribution >= 4 is 6.16 Å². The van der Waals surface area contributed by atoms with Crippen molar-refractivity contribution in [2.24, 2.45) is 0 Å². The maximum Gasteiger partial charge on any atom is 0.511 e. The molecule has 0 amide bonds. The molecule has 1 heterocycles. The average Bonchev–Trinajstić information content (AvgIpc) is 2.83. The molecule has 0 bridgehead atoms. The normalized spacial score (nSPS) is 21.8. The van der Waals surface area contributed by atoms with Crippen molar-refractivity contribution in [3.63, 3.8) is 0 Å². The zero-order valence-corrected chi connectivity index (χ0v) is 11.6. The number of rotatable bonds is 6. The fourth-order valence-corrected chi connectivity index (χ4v) is 1.79. The molecule has 2 rings (SSSR count). The van der Waals surface area contributed by atoms with E-state index in [1.54, 1.807) is 13.2 Å². The van der Waals surface area contributed by atoms with E-state index in [1.165, 1.54) is 0 Å². The van der Waals surface area contributed by atoms with Gasteiger partial charge in [0.1, 0.15) is 5.75 Å². The Hall–Kier alpha value is -2.01. The van der Waals surface area contributed by atoms with Crippen LogP contribution in [0.1, 0.15) is 18.9 Å². The number of hydrogen-bond donors (Lipinski definition) is 0. The minimum Gasteiger partial charge on any atom is -0.497 e. The molecule has 0 unspecified atom stereocenters. The van der Waals surface area contributed by atoms with Crippen molar-refractivity contribution in [2.75, 3.05) is 7.11 Å². The Morgan fingerprint density at radius 3 is 2.65 bits per heavy atom. The molecule has 0 aliphatic carbocycles. The lowest BCUT2D eigenvalue weighted by Crippen LogP contribution is -2.23. The number of hydrogen-bond acceptors (Lipinski definition) is 5. The molecule has 0 saturated carbocycles. The number of cyclic esters (lactones) is 2. The van der Waals surface area contributed by atoms with Crippen LogP contribution in [0.15, 0.2) is 36.4 Å². The average molecular weight is 278 g/mol. The predicted octanol–water partition coefficient (Wildman–Crippen LogP) is 3.04. The number of ether oxygens (including phenoxy) is 4. The summed E-state index contributed by atoms with van der Waals surface area (Å²) in [5, 5.41) is 0. The first kappa shape index (κ1) is 14.4. The second kappa shape index (κ2) is 6.96. The van der Waals surface area contributed by atoms with Gasteiger partial charge in [-0.2, -0.15) is 0 Å². The van der Waals surface area contributed by atoms with Crippen LogP contribution in [0, 0.1) is 0 Å². The Morgan fingerprint density at radius 2 is 2.00 bits per heavy atom. The molecule has 1 aliphatic rings. The molecule has 5 nitrogen and oxygen atoms in total. The number of carbonyl (C=O) groups is 1. The van der Waals surface area contributed by atoms with E-state index in [0.717, 1.165) is 17.7 Å². The zero-order valence-electron chi connectivity index (χ0n) is 11.6. The van der Waals surface area contributed by atoms with Gasteiger partial charge in [0.2, 0.25) is 6.29 Å². The van der Waals surface area contributed by atoms with Gasteiger partial charge in [-0.25, -0.2) is 4.79 Å². The lowest BCUT2D eigenvalue weighted by molar-refractivity contribution is -0.0999. The zero-order chi connectivity index (χ0) is 14.4. The third-order valence-corrected chi connectivity index (χ3v) is 2.85. The molecular weight excluding hydrogens is 260 g/mol. The Balaban J connectivity index is 1.90. The summed E-state index contributed by atoms with van der Waals surface area (Å²) >= 11 is 0. The minimum absolute atomic E-state index is 0.335. The summed E-state index contributed by atoms with van der Waals surface area (Å²) in [6, 6.07) is 7.50. The van der Waals surface area contributed by atoms with Gasteiger partial charge in [-0.15, -0.1) is 0 Å². The minimum atomic E-state index is -0.701. The summed E-state index contributed by atoms with van der Waals surface area (Å²) in [5.41, 5.74) is 0.965. The van der Waals surface area contributed by atoms with Gasteiger partial charge < -0.3 is 18.9 Å². The van der Waals surface area contributed by atoms with Gasteiger partial charge >= 0.3 is 6.16 Å². The molecule has 1 aromatic rings. The summed E-state index contributed by atoms with van der Waals surface area (Å²) in [7, 11) is 1.62. The van der Waals surface area contributed by atoms with E-state index < -0.39 is 18.5 Å². The molecule has 1 saturated heterocycles. The fourth-order valence-electron chi connectivity index (χ4n) is 1.79. The van der Waals surface area contributed by atoms with Gasteiger partial charge in [0, 0.05) is 0 Å². The second-order valence-electron chi connectivity index (χ2n) is 4.31. The van der Waals surface area contributed by atoms with Crippen LogP contribution in [0.3, 0.4) is 0 Å². The van der Waals surface area contributed by atoms with Gasteiger partial charge in [0.25, 0.3) is 0 Å². The van der Waals surface area contributed by atoms with Crippen LogP contribution in [-0.2, 0) is 20.8 Å².